The maximum atomic E-state index is 12.1. The highest BCUT2D eigenvalue weighted by molar-refractivity contribution is 5.81. The summed E-state index contributed by atoms with van der Waals surface area (Å²) in [5, 5.41) is 0.364. The number of rotatable bonds is 3. The van der Waals surface area contributed by atoms with E-state index in [2.05, 4.69) is 9.72 Å². The molecule has 0 aliphatic heterocycles. The van der Waals surface area contributed by atoms with E-state index in [0.717, 1.165) is 5.69 Å². The van der Waals surface area contributed by atoms with Crippen molar-refractivity contribution in [1.82, 2.24) is 4.98 Å². The molecule has 1 heterocycles. The van der Waals surface area contributed by atoms with Crippen LogP contribution in [0.25, 0.3) is 10.9 Å². The second kappa shape index (κ2) is 4.76. The van der Waals surface area contributed by atoms with Crippen molar-refractivity contribution in [1.29, 1.82) is 0 Å². The van der Waals surface area contributed by atoms with E-state index < -0.39 is 6.61 Å². The number of hydrogen-bond donors (Lipinski definition) is 1. The van der Waals surface area contributed by atoms with Crippen LogP contribution in [0.15, 0.2) is 23.0 Å². The number of hydrogen-bond acceptors (Lipinski definition) is 2. The lowest BCUT2D eigenvalue weighted by molar-refractivity contribution is -0.0497. The molecule has 3 nitrogen and oxygen atoms in total. The monoisotopic (exact) mass is 253 g/mol. The minimum Gasteiger partial charge on any atom is -0.435 e. The van der Waals surface area contributed by atoms with Crippen molar-refractivity contribution in [2.45, 2.75) is 26.9 Å². The predicted molar refractivity (Wildman–Crippen MR) is 65.3 cm³/mol. The summed E-state index contributed by atoms with van der Waals surface area (Å²) in [6.45, 7) is 0.772. The van der Waals surface area contributed by atoms with Gasteiger partial charge in [-0.05, 0) is 31.5 Å². The van der Waals surface area contributed by atoms with E-state index in [9.17, 15) is 13.6 Å². The van der Waals surface area contributed by atoms with Crippen molar-refractivity contribution in [3.63, 3.8) is 0 Å². The van der Waals surface area contributed by atoms with Crippen LogP contribution in [0.3, 0.4) is 0 Å². The van der Waals surface area contributed by atoms with Crippen LogP contribution in [0.2, 0.25) is 0 Å². The fourth-order valence-electron chi connectivity index (χ4n) is 1.95. The Labute approximate surface area is 102 Å². The van der Waals surface area contributed by atoms with Crippen molar-refractivity contribution in [3.8, 4) is 5.75 Å². The minimum atomic E-state index is -2.89. The average Bonchev–Trinajstić information content (AvgIpc) is 2.33. The van der Waals surface area contributed by atoms with E-state index in [1.807, 2.05) is 6.92 Å². The van der Waals surface area contributed by atoms with Gasteiger partial charge in [-0.3, -0.25) is 4.79 Å². The van der Waals surface area contributed by atoms with Gasteiger partial charge < -0.3 is 9.72 Å². The van der Waals surface area contributed by atoms with E-state index in [4.69, 9.17) is 0 Å². The van der Waals surface area contributed by atoms with Gasteiger partial charge in [0.05, 0.1) is 0 Å². The molecule has 0 amide bonds. The molecule has 0 atom stereocenters. The molecule has 0 aliphatic rings. The Hall–Kier alpha value is -1.91. The fraction of sp³-hybridized carbons (Fsp3) is 0.308. The van der Waals surface area contributed by atoms with Crippen molar-refractivity contribution < 1.29 is 13.5 Å². The lowest BCUT2D eigenvalue weighted by Crippen LogP contribution is -2.11. The molecule has 0 saturated carbocycles. The van der Waals surface area contributed by atoms with Gasteiger partial charge in [0.2, 0.25) is 0 Å². The molecule has 0 unspecified atom stereocenters. The SMILES string of the molecule is CCc1[nH]c2ccc(OC(F)F)cc2c(=O)c1C. The number of aryl methyl sites for hydroxylation is 1. The smallest absolute Gasteiger partial charge is 0.387 e. The van der Waals surface area contributed by atoms with Gasteiger partial charge in [0, 0.05) is 22.2 Å². The van der Waals surface area contributed by atoms with Gasteiger partial charge in [-0.2, -0.15) is 8.78 Å². The number of aromatic nitrogens is 1. The molecule has 5 heteroatoms. The van der Waals surface area contributed by atoms with Crippen LogP contribution >= 0.6 is 0 Å². The summed E-state index contributed by atoms with van der Waals surface area (Å²) in [4.78, 5) is 15.2. The third kappa shape index (κ3) is 2.20. The highest BCUT2D eigenvalue weighted by atomic mass is 19.3. The van der Waals surface area contributed by atoms with Crippen molar-refractivity contribution in [2.75, 3.05) is 0 Å². The fourth-order valence-corrected chi connectivity index (χ4v) is 1.95. The van der Waals surface area contributed by atoms with Crippen LogP contribution in [0.1, 0.15) is 18.2 Å². The summed E-state index contributed by atoms with van der Waals surface area (Å²) >= 11 is 0. The summed E-state index contributed by atoms with van der Waals surface area (Å²) in [6, 6.07) is 4.33. The lowest BCUT2D eigenvalue weighted by Gasteiger charge is -2.08. The molecule has 0 saturated heterocycles. The average molecular weight is 253 g/mol. The van der Waals surface area contributed by atoms with E-state index >= 15 is 0 Å². The molecule has 1 N–H and O–H groups in total. The van der Waals surface area contributed by atoms with Gasteiger partial charge in [-0.15, -0.1) is 0 Å². The van der Waals surface area contributed by atoms with Gasteiger partial charge >= 0.3 is 6.61 Å². The summed E-state index contributed by atoms with van der Waals surface area (Å²) in [7, 11) is 0. The van der Waals surface area contributed by atoms with Gasteiger partial charge in [-0.1, -0.05) is 6.92 Å². The zero-order valence-electron chi connectivity index (χ0n) is 10.1. The lowest BCUT2D eigenvalue weighted by atomic mass is 10.1. The number of alkyl halides is 2. The quantitative estimate of drug-likeness (QED) is 0.913. The Bertz CT molecular complexity index is 635. The predicted octanol–water partition coefficient (Wildman–Crippen LogP) is 3.00. The summed E-state index contributed by atoms with van der Waals surface area (Å²) < 4.78 is 28.5. The normalized spacial score (nSPS) is 11.2. The van der Waals surface area contributed by atoms with Crippen LogP contribution < -0.4 is 10.2 Å². The molecule has 96 valence electrons. The minimum absolute atomic E-state index is 0.00773. The van der Waals surface area contributed by atoms with Crippen molar-refractivity contribution in [3.05, 3.63) is 39.7 Å². The number of ether oxygens (including phenoxy) is 1. The molecule has 0 spiro atoms. The standard InChI is InChI=1S/C13H13F2NO2/c1-3-10-7(2)12(17)9-6-8(18-13(14)15)4-5-11(9)16-10/h4-6,13H,3H2,1-2H3,(H,16,17). The number of benzene rings is 1. The third-order valence-electron chi connectivity index (χ3n) is 2.89. The molecular formula is C13H13F2NO2. The van der Waals surface area contributed by atoms with E-state index in [-0.39, 0.29) is 11.2 Å². The second-order valence-electron chi connectivity index (χ2n) is 4.00. The molecule has 0 bridgehead atoms. The first-order valence-corrected chi connectivity index (χ1v) is 5.63. The first kappa shape index (κ1) is 12.5. The molecule has 0 aliphatic carbocycles. The van der Waals surface area contributed by atoms with E-state index in [1.54, 1.807) is 13.0 Å². The van der Waals surface area contributed by atoms with E-state index in [0.29, 0.717) is 22.9 Å². The first-order valence-electron chi connectivity index (χ1n) is 5.63. The zero-order chi connectivity index (χ0) is 13.3. The summed E-state index contributed by atoms with van der Waals surface area (Å²) in [5.74, 6) is -0.00773. The van der Waals surface area contributed by atoms with Gasteiger partial charge in [0.1, 0.15) is 5.75 Å². The molecule has 0 fully saturated rings. The Balaban J connectivity index is 2.63. The molecule has 2 rings (SSSR count). The van der Waals surface area contributed by atoms with Crippen molar-refractivity contribution >= 4 is 10.9 Å². The number of aromatic amines is 1. The van der Waals surface area contributed by atoms with Crippen LogP contribution in [0.5, 0.6) is 5.75 Å². The number of pyridine rings is 1. The maximum Gasteiger partial charge on any atom is 0.387 e. The van der Waals surface area contributed by atoms with Crippen LogP contribution in [0.4, 0.5) is 8.78 Å². The first-order chi connectivity index (χ1) is 8.52. The van der Waals surface area contributed by atoms with Gasteiger partial charge in [0.25, 0.3) is 0 Å². The Morgan fingerprint density at radius 2 is 2.11 bits per heavy atom. The van der Waals surface area contributed by atoms with Crippen LogP contribution in [0, 0.1) is 6.92 Å². The van der Waals surface area contributed by atoms with Crippen molar-refractivity contribution in [2.24, 2.45) is 0 Å². The Morgan fingerprint density at radius 3 is 2.72 bits per heavy atom. The molecular weight excluding hydrogens is 240 g/mol. The topological polar surface area (TPSA) is 42.1 Å². The highest BCUT2D eigenvalue weighted by Gasteiger charge is 2.10. The largest absolute Gasteiger partial charge is 0.435 e. The Kier molecular flexibility index (Phi) is 3.32. The molecule has 1 aromatic carbocycles. The molecule has 0 radical (unpaired) electrons. The third-order valence-corrected chi connectivity index (χ3v) is 2.89. The summed E-state index contributed by atoms with van der Waals surface area (Å²) in [6.07, 6.45) is 0.715. The molecule has 2 aromatic rings. The van der Waals surface area contributed by atoms with Gasteiger partial charge in [-0.25, -0.2) is 0 Å². The number of halogens is 2. The highest BCUT2D eigenvalue weighted by Crippen LogP contribution is 2.20. The zero-order valence-corrected chi connectivity index (χ0v) is 10.1. The number of nitrogens with one attached hydrogen (secondary N) is 1. The van der Waals surface area contributed by atoms with E-state index in [1.165, 1.54) is 12.1 Å². The Morgan fingerprint density at radius 1 is 1.39 bits per heavy atom. The summed E-state index contributed by atoms with van der Waals surface area (Å²) in [5.41, 5.74) is 1.94. The second-order valence-corrected chi connectivity index (χ2v) is 4.00. The number of fused-ring (bicyclic) bond motifs is 1. The maximum absolute atomic E-state index is 12.1. The molecule has 1 aromatic heterocycles. The molecule has 18 heavy (non-hydrogen) atoms. The van der Waals surface area contributed by atoms with Crippen LogP contribution in [-0.2, 0) is 6.42 Å². The van der Waals surface area contributed by atoms with Gasteiger partial charge in [0.15, 0.2) is 5.43 Å². The number of H-pyrrole nitrogens is 1. The van der Waals surface area contributed by atoms with Crippen LogP contribution in [-0.4, -0.2) is 11.6 Å².